The smallest absolute Gasteiger partial charge is 0.462 e. The molecule has 366 valence electrons. The van der Waals surface area contributed by atoms with Crippen molar-refractivity contribution in [3.8, 4) is 0 Å². The van der Waals surface area contributed by atoms with Gasteiger partial charge in [0.05, 0.1) is 6.61 Å². The van der Waals surface area contributed by atoms with Crippen LogP contribution in [0.15, 0.2) is 48.6 Å². The Morgan fingerprint density at radius 2 is 0.889 bits per heavy atom. The molecular weight excluding hydrogens is 827 g/mol. The lowest BCUT2D eigenvalue weighted by Crippen LogP contribution is -2.64. The molecule has 0 spiro atoms. The second kappa shape index (κ2) is 39.0. The minimum absolute atomic E-state index is 0.0877. The maximum absolute atomic E-state index is 12.8. The van der Waals surface area contributed by atoms with E-state index in [9.17, 15) is 44.6 Å². The minimum Gasteiger partial charge on any atom is -0.462 e. The van der Waals surface area contributed by atoms with Crippen molar-refractivity contribution in [2.75, 3.05) is 13.2 Å². The van der Waals surface area contributed by atoms with Crippen LogP contribution in [-0.2, 0) is 32.7 Å². The molecule has 63 heavy (non-hydrogen) atoms. The van der Waals surface area contributed by atoms with E-state index in [2.05, 4.69) is 62.5 Å². The summed E-state index contributed by atoms with van der Waals surface area (Å²) in [5, 5.41) is 50.2. The van der Waals surface area contributed by atoms with Crippen LogP contribution in [0, 0.1) is 0 Å². The molecule has 6 atom stereocenters. The highest BCUT2D eigenvalue weighted by Crippen LogP contribution is 2.47. The molecule has 1 aliphatic carbocycles. The molecule has 14 heteroatoms. The van der Waals surface area contributed by atoms with E-state index in [1.54, 1.807) is 0 Å². The number of carbonyl (C=O) groups is 2. The third kappa shape index (κ3) is 31.4. The fraction of sp³-hybridized carbons (Fsp3) is 0.796. The molecule has 1 fully saturated rings. The van der Waals surface area contributed by atoms with Gasteiger partial charge in [0.25, 0.3) is 0 Å². The van der Waals surface area contributed by atoms with Gasteiger partial charge in [-0.2, -0.15) is 0 Å². The van der Waals surface area contributed by atoms with Gasteiger partial charge in [0, 0.05) is 12.8 Å². The summed E-state index contributed by atoms with van der Waals surface area (Å²) in [6.45, 7) is 3.21. The molecule has 0 radical (unpaired) electrons. The third-order valence-corrected chi connectivity index (χ3v) is 12.1. The van der Waals surface area contributed by atoms with Crippen LogP contribution in [0.4, 0.5) is 0 Å². The maximum atomic E-state index is 12.8. The molecule has 0 aromatic heterocycles. The van der Waals surface area contributed by atoms with E-state index in [0.29, 0.717) is 12.8 Å². The predicted molar refractivity (Wildman–Crippen MR) is 249 cm³/mol. The topological polar surface area (TPSA) is 210 Å². The van der Waals surface area contributed by atoms with E-state index in [4.69, 9.17) is 18.5 Å². The lowest BCUT2D eigenvalue weighted by atomic mass is 9.85. The zero-order valence-corrected chi connectivity index (χ0v) is 39.8. The Labute approximate surface area is 380 Å². The number of aliphatic hydroxyl groups is 5. The third-order valence-electron chi connectivity index (χ3n) is 11.1. The van der Waals surface area contributed by atoms with Crippen LogP contribution in [0.1, 0.15) is 194 Å². The monoisotopic (exact) mass is 915 g/mol. The fourth-order valence-corrected chi connectivity index (χ4v) is 8.15. The molecule has 0 aliphatic heterocycles. The van der Waals surface area contributed by atoms with E-state index < -0.39 is 75.7 Å². The highest BCUT2D eigenvalue weighted by Gasteiger charge is 2.51. The Morgan fingerprint density at radius 1 is 0.492 bits per heavy atom. The summed E-state index contributed by atoms with van der Waals surface area (Å²) in [6.07, 6.45) is 33.0. The van der Waals surface area contributed by atoms with Crippen LogP contribution >= 0.6 is 7.82 Å². The zero-order chi connectivity index (χ0) is 46.4. The minimum atomic E-state index is -5.12. The van der Waals surface area contributed by atoms with Gasteiger partial charge in [-0.3, -0.25) is 18.6 Å². The van der Waals surface area contributed by atoms with E-state index in [1.807, 2.05) is 0 Å². The van der Waals surface area contributed by atoms with Crippen LogP contribution in [0.2, 0.25) is 0 Å². The predicted octanol–water partition coefficient (Wildman–Crippen LogP) is 9.95. The molecule has 0 aromatic carbocycles. The van der Waals surface area contributed by atoms with Crippen molar-refractivity contribution in [1.82, 2.24) is 0 Å². The highest BCUT2D eigenvalue weighted by molar-refractivity contribution is 7.47. The summed E-state index contributed by atoms with van der Waals surface area (Å²) in [7, 11) is -5.12. The van der Waals surface area contributed by atoms with Gasteiger partial charge in [-0.1, -0.05) is 159 Å². The lowest BCUT2D eigenvalue weighted by molar-refractivity contribution is -0.220. The average Bonchev–Trinajstić information content (AvgIpc) is 3.26. The molecule has 6 N–H and O–H groups in total. The van der Waals surface area contributed by atoms with Crippen LogP contribution in [-0.4, -0.2) is 98.3 Å². The van der Waals surface area contributed by atoms with Gasteiger partial charge in [-0.25, -0.2) is 4.57 Å². The van der Waals surface area contributed by atoms with Crippen molar-refractivity contribution in [2.45, 2.75) is 236 Å². The largest absolute Gasteiger partial charge is 0.472 e. The number of allylic oxidation sites excluding steroid dienone is 8. The number of rotatable bonds is 40. The summed E-state index contributed by atoms with van der Waals surface area (Å²) in [6, 6.07) is 0. The normalized spacial score (nSPS) is 22.1. The zero-order valence-electron chi connectivity index (χ0n) is 38.9. The number of phosphoric ester groups is 1. The Balaban J connectivity index is 2.42. The summed E-state index contributed by atoms with van der Waals surface area (Å²) in [5.74, 6) is -1.12. The van der Waals surface area contributed by atoms with Gasteiger partial charge in [0.15, 0.2) is 6.10 Å². The van der Waals surface area contributed by atoms with Gasteiger partial charge >= 0.3 is 19.8 Å². The van der Waals surface area contributed by atoms with Crippen molar-refractivity contribution in [1.29, 1.82) is 0 Å². The second-order valence-electron chi connectivity index (χ2n) is 17.0. The molecule has 0 heterocycles. The number of esters is 2. The quantitative estimate of drug-likeness (QED) is 0.0147. The molecule has 13 nitrogen and oxygen atoms in total. The first kappa shape index (κ1) is 58.8. The van der Waals surface area contributed by atoms with Gasteiger partial charge in [-0.05, 0) is 70.6 Å². The van der Waals surface area contributed by atoms with Gasteiger partial charge in [0.1, 0.15) is 43.2 Å². The summed E-state index contributed by atoms with van der Waals surface area (Å²) < 4.78 is 33.5. The number of ether oxygens (including phenoxy) is 2. The number of phosphoric acid groups is 1. The summed E-state index contributed by atoms with van der Waals surface area (Å²) in [5.41, 5.74) is 0. The lowest BCUT2D eigenvalue weighted by Gasteiger charge is -2.41. The van der Waals surface area contributed by atoms with Gasteiger partial charge in [-0.15, -0.1) is 0 Å². The Hall–Kier alpha value is -2.19. The molecule has 1 saturated carbocycles. The number of unbranched alkanes of at least 4 members (excludes halogenated alkanes) is 20. The first-order valence-electron chi connectivity index (χ1n) is 24.4. The highest BCUT2D eigenvalue weighted by atomic mass is 31.2. The Bertz CT molecular complexity index is 1290. The standard InChI is InChI=1S/C49H87O13P/c1-3-5-7-9-11-13-15-17-18-19-20-21-22-23-24-26-28-30-32-34-36-38-43(51)61-41(40-60-63(57,58)62-49-47(55)45(53)44(52)46(54)48(49)56)39-59-42(50)37-35-33-31-29-27-25-16-14-12-10-8-6-4-2/h8,10,14-17,19-20,41,44-49,52-56H,3-7,9,11-13,18,21-40H2,1-2H3,(H,57,58)/b10-8-,16-14-,17-15-,20-19-. The van der Waals surface area contributed by atoms with Crippen LogP contribution in [0.5, 0.6) is 0 Å². The van der Waals surface area contributed by atoms with E-state index >= 15 is 0 Å². The van der Waals surface area contributed by atoms with Gasteiger partial charge in [0.2, 0.25) is 0 Å². The van der Waals surface area contributed by atoms with Crippen molar-refractivity contribution in [3.63, 3.8) is 0 Å². The van der Waals surface area contributed by atoms with Crippen molar-refractivity contribution in [2.24, 2.45) is 0 Å². The number of hydrogen-bond donors (Lipinski definition) is 6. The van der Waals surface area contributed by atoms with Crippen LogP contribution in [0.3, 0.4) is 0 Å². The molecule has 0 bridgehead atoms. The molecule has 1 aliphatic rings. The van der Waals surface area contributed by atoms with Crippen LogP contribution < -0.4 is 0 Å². The Kier molecular flexibility index (Phi) is 36.4. The van der Waals surface area contributed by atoms with Crippen molar-refractivity contribution < 1.29 is 63.1 Å². The molecule has 0 saturated heterocycles. The molecule has 0 amide bonds. The average molecular weight is 915 g/mol. The molecule has 0 aromatic rings. The molecular formula is C49H87O13P. The van der Waals surface area contributed by atoms with Crippen LogP contribution in [0.25, 0.3) is 0 Å². The van der Waals surface area contributed by atoms with Crippen molar-refractivity contribution >= 4 is 19.8 Å². The summed E-state index contributed by atoms with van der Waals surface area (Å²) in [4.78, 5) is 35.7. The van der Waals surface area contributed by atoms with E-state index in [1.165, 1.54) is 64.2 Å². The van der Waals surface area contributed by atoms with E-state index in [-0.39, 0.29) is 12.8 Å². The summed E-state index contributed by atoms with van der Waals surface area (Å²) >= 11 is 0. The first-order valence-corrected chi connectivity index (χ1v) is 25.9. The number of carbonyl (C=O) groups excluding carboxylic acids is 2. The number of hydrogen-bond acceptors (Lipinski definition) is 12. The maximum Gasteiger partial charge on any atom is 0.472 e. The second-order valence-corrected chi connectivity index (χ2v) is 18.4. The van der Waals surface area contributed by atoms with E-state index in [0.717, 1.165) is 89.9 Å². The SMILES string of the molecule is CCC/C=C\C/C=C\CCCCCCCC(=O)OCC(COP(=O)(O)OC1C(O)C(O)C(O)C(O)C1O)OC(=O)CCCCCCCCCCC/C=C\C/C=C\CCCCCCC. The fourth-order valence-electron chi connectivity index (χ4n) is 7.18. The molecule has 6 unspecified atom stereocenters. The molecule has 1 rings (SSSR count). The Morgan fingerprint density at radius 3 is 1.35 bits per heavy atom. The first-order chi connectivity index (χ1) is 30.4. The van der Waals surface area contributed by atoms with Crippen molar-refractivity contribution in [3.05, 3.63) is 48.6 Å². The number of aliphatic hydroxyl groups excluding tert-OH is 5. The van der Waals surface area contributed by atoms with Gasteiger partial charge < -0.3 is 39.9 Å².